The number of nitrogens with two attached hydrogens (primary N) is 1. The first kappa shape index (κ1) is 13.0. The van der Waals surface area contributed by atoms with Crippen LogP contribution in [0.25, 0.3) is 10.1 Å². The Kier molecular flexibility index (Phi) is 3.07. The van der Waals surface area contributed by atoms with Gasteiger partial charge in [-0.2, -0.15) is 0 Å². The predicted octanol–water partition coefficient (Wildman–Crippen LogP) is 3.94. The molecule has 3 aromatic rings. The maximum atomic E-state index is 6.33. The SMILES string of the molecule is CN1CC(c2ccc3sccc3c2)c2ccccc2C1N. The Hall–Kier alpha value is -1.68. The molecule has 0 radical (unpaired) electrons. The molecule has 2 nitrogen and oxygen atoms in total. The van der Waals surface area contributed by atoms with Crippen molar-refractivity contribution in [1.29, 1.82) is 0 Å². The average molecular weight is 294 g/mol. The van der Waals surface area contributed by atoms with Crippen LogP contribution >= 0.6 is 11.3 Å². The van der Waals surface area contributed by atoms with Crippen LogP contribution in [0.15, 0.2) is 53.9 Å². The average Bonchev–Trinajstić information content (AvgIpc) is 2.98. The van der Waals surface area contributed by atoms with Gasteiger partial charge < -0.3 is 5.73 Å². The monoisotopic (exact) mass is 294 g/mol. The van der Waals surface area contributed by atoms with Gasteiger partial charge in [0, 0.05) is 17.2 Å². The maximum absolute atomic E-state index is 6.33. The van der Waals surface area contributed by atoms with E-state index in [0.29, 0.717) is 5.92 Å². The summed E-state index contributed by atoms with van der Waals surface area (Å²) >= 11 is 1.80. The van der Waals surface area contributed by atoms with E-state index in [4.69, 9.17) is 5.73 Å². The molecule has 2 atom stereocenters. The quantitative estimate of drug-likeness (QED) is 0.736. The molecule has 21 heavy (non-hydrogen) atoms. The summed E-state index contributed by atoms with van der Waals surface area (Å²) in [6.45, 7) is 0.966. The number of likely N-dealkylation sites (N-methyl/N-ethyl adjacent to an activating group) is 1. The number of hydrogen-bond acceptors (Lipinski definition) is 3. The van der Waals surface area contributed by atoms with Gasteiger partial charge in [-0.1, -0.05) is 30.3 Å². The Bertz CT molecular complexity index is 793. The standard InChI is InChI=1S/C18H18N2S/c1-20-11-16(14-4-2-3-5-15(14)18(20)19)12-6-7-17-13(10-12)8-9-21-17/h2-10,16,18H,11,19H2,1H3. The molecule has 1 aliphatic heterocycles. The van der Waals surface area contributed by atoms with Crippen molar-refractivity contribution in [2.45, 2.75) is 12.1 Å². The van der Waals surface area contributed by atoms with E-state index in [2.05, 4.69) is 65.9 Å². The van der Waals surface area contributed by atoms with Crippen molar-refractivity contribution in [2.24, 2.45) is 5.73 Å². The third-order valence-electron chi connectivity index (χ3n) is 4.51. The topological polar surface area (TPSA) is 29.3 Å². The fraction of sp³-hybridized carbons (Fsp3) is 0.222. The number of hydrogen-bond donors (Lipinski definition) is 1. The van der Waals surface area contributed by atoms with Crippen LogP contribution in [-0.2, 0) is 0 Å². The minimum atomic E-state index is 0.00216. The molecule has 0 saturated heterocycles. The Morgan fingerprint density at radius 1 is 1.10 bits per heavy atom. The molecule has 0 saturated carbocycles. The van der Waals surface area contributed by atoms with Crippen LogP contribution < -0.4 is 5.73 Å². The first-order valence-electron chi connectivity index (χ1n) is 7.26. The van der Waals surface area contributed by atoms with Gasteiger partial charge in [-0.3, -0.25) is 4.90 Å². The summed E-state index contributed by atoms with van der Waals surface area (Å²) < 4.78 is 1.35. The third-order valence-corrected chi connectivity index (χ3v) is 5.41. The second kappa shape index (κ2) is 4.95. The van der Waals surface area contributed by atoms with E-state index in [1.54, 1.807) is 11.3 Å². The van der Waals surface area contributed by atoms with Crippen molar-refractivity contribution in [2.75, 3.05) is 13.6 Å². The molecule has 0 amide bonds. The Morgan fingerprint density at radius 2 is 1.90 bits per heavy atom. The van der Waals surface area contributed by atoms with Gasteiger partial charge in [0.1, 0.15) is 0 Å². The van der Waals surface area contributed by atoms with Crippen molar-refractivity contribution in [1.82, 2.24) is 4.90 Å². The van der Waals surface area contributed by atoms with Gasteiger partial charge in [0.15, 0.2) is 0 Å². The molecule has 0 spiro atoms. The van der Waals surface area contributed by atoms with E-state index in [1.165, 1.54) is 26.8 Å². The molecule has 0 aliphatic carbocycles. The van der Waals surface area contributed by atoms with E-state index < -0.39 is 0 Å². The minimum absolute atomic E-state index is 0.00216. The van der Waals surface area contributed by atoms with Gasteiger partial charge in [0.05, 0.1) is 6.17 Å². The number of rotatable bonds is 1. The van der Waals surface area contributed by atoms with E-state index in [1.807, 2.05) is 0 Å². The highest BCUT2D eigenvalue weighted by molar-refractivity contribution is 7.17. The summed E-state index contributed by atoms with van der Waals surface area (Å²) in [6, 6.07) is 17.6. The largest absolute Gasteiger partial charge is 0.312 e. The van der Waals surface area contributed by atoms with Gasteiger partial charge in [-0.05, 0) is 52.7 Å². The van der Waals surface area contributed by atoms with Crippen LogP contribution in [0.4, 0.5) is 0 Å². The van der Waals surface area contributed by atoms with Crippen molar-refractivity contribution in [3.05, 3.63) is 70.6 Å². The molecule has 0 bridgehead atoms. The smallest absolute Gasteiger partial charge is 0.0836 e. The van der Waals surface area contributed by atoms with Crippen LogP contribution in [0.5, 0.6) is 0 Å². The third kappa shape index (κ3) is 2.09. The molecular formula is C18H18N2S. The van der Waals surface area contributed by atoms with Gasteiger partial charge in [0.2, 0.25) is 0 Å². The van der Waals surface area contributed by atoms with Gasteiger partial charge >= 0.3 is 0 Å². The number of thiophene rings is 1. The second-order valence-corrected chi connectivity index (χ2v) is 6.73. The molecule has 2 N–H and O–H groups in total. The predicted molar refractivity (Wildman–Crippen MR) is 89.7 cm³/mol. The second-order valence-electron chi connectivity index (χ2n) is 5.78. The normalized spacial score (nSPS) is 22.4. The zero-order valence-corrected chi connectivity index (χ0v) is 12.8. The summed E-state index contributed by atoms with van der Waals surface area (Å²) in [5.41, 5.74) is 10.3. The van der Waals surface area contributed by atoms with Gasteiger partial charge in [-0.15, -0.1) is 11.3 Å². The summed E-state index contributed by atoms with van der Waals surface area (Å²) in [5.74, 6) is 0.398. The summed E-state index contributed by atoms with van der Waals surface area (Å²) in [7, 11) is 2.11. The zero-order chi connectivity index (χ0) is 14.4. The van der Waals surface area contributed by atoms with E-state index in [0.717, 1.165) is 6.54 Å². The van der Waals surface area contributed by atoms with Crippen LogP contribution in [0.3, 0.4) is 0 Å². The summed E-state index contributed by atoms with van der Waals surface area (Å²) in [4.78, 5) is 2.24. The van der Waals surface area contributed by atoms with Crippen molar-refractivity contribution in [3.63, 3.8) is 0 Å². The molecule has 1 aliphatic rings. The number of benzene rings is 2. The highest BCUT2D eigenvalue weighted by Gasteiger charge is 2.29. The molecule has 3 heteroatoms. The number of nitrogens with zero attached hydrogens (tertiary/aromatic N) is 1. The Balaban J connectivity index is 1.85. The first-order chi connectivity index (χ1) is 10.2. The molecule has 1 aromatic heterocycles. The van der Waals surface area contributed by atoms with E-state index in [9.17, 15) is 0 Å². The van der Waals surface area contributed by atoms with Crippen LogP contribution in [0.2, 0.25) is 0 Å². The summed E-state index contributed by atoms with van der Waals surface area (Å²) in [5, 5.41) is 3.50. The zero-order valence-electron chi connectivity index (χ0n) is 12.0. The minimum Gasteiger partial charge on any atom is -0.312 e. The molecule has 2 aromatic carbocycles. The van der Waals surface area contributed by atoms with E-state index >= 15 is 0 Å². The lowest BCUT2D eigenvalue weighted by atomic mass is 9.83. The lowest BCUT2D eigenvalue weighted by Gasteiger charge is -2.37. The lowest BCUT2D eigenvalue weighted by molar-refractivity contribution is 0.223. The van der Waals surface area contributed by atoms with Crippen molar-refractivity contribution in [3.8, 4) is 0 Å². The Morgan fingerprint density at radius 3 is 2.76 bits per heavy atom. The maximum Gasteiger partial charge on any atom is 0.0836 e. The van der Waals surface area contributed by atoms with Crippen LogP contribution in [0, 0.1) is 0 Å². The molecule has 2 heterocycles. The molecular weight excluding hydrogens is 276 g/mol. The summed E-state index contributed by atoms with van der Waals surface area (Å²) in [6.07, 6.45) is 0.00216. The number of fused-ring (bicyclic) bond motifs is 2. The molecule has 2 unspecified atom stereocenters. The first-order valence-corrected chi connectivity index (χ1v) is 8.14. The van der Waals surface area contributed by atoms with Crippen LogP contribution in [-0.4, -0.2) is 18.5 Å². The molecule has 106 valence electrons. The molecule has 4 rings (SSSR count). The van der Waals surface area contributed by atoms with Gasteiger partial charge in [0.25, 0.3) is 0 Å². The highest BCUT2D eigenvalue weighted by atomic mass is 32.1. The highest BCUT2D eigenvalue weighted by Crippen LogP contribution is 2.37. The van der Waals surface area contributed by atoms with E-state index in [-0.39, 0.29) is 6.17 Å². The van der Waals surface area contributed by atoms with Crippen molar-refractivity contribution < 1.29 is 0 Å². The lowest BCUT2D eigenvalue weighted by Crippen LogP contribution is -2.39. The fourth-order valence-corrected chi connectivity index (χ4v) is 4.09. The van der Waals surface area contributed by atoms with Crippen LogP contribution in [0.1, 0.15) is 28.8 Å². The molecule has 0 fully saturated rings. The van der Waals surface area contributed by atoms with Gasteiger partial charge in [-0.25, -0.2) is 0 Å². The van der Waals surface area contributed by atoms with Crippen molar-refractivity contribution >= 4 is 21.4 Å². The fourth-order valence-electron chi connectivity index (χ4n) is 3.32. The Labute approximate surface area is 128 Å².